The van der Waals surface area contributed by atoms with E-state index in [4.69, 9.17) is 0 Å². The summed E-state index contributed by atoms with van der Waals surface area (Å²) >= 11 is 1.67. The van der Waals surface area contributed by atoms with Crippen LogP contribution in [0.25, 0.3) is 0 Å². The molecule has 2 heterocycles. The molecule has 2 aromatic rings. The molecule has 1 fully saturated rings. The minimum absolute atomic E-state index is 0.133. The van der Waals surface area contributed by atoms with Crippen molar-refractivity contribution in [1.29, 1.82) is 0 Å². The van der Waals surface area contributed by atoms with E-state index in [2.05, 4.69) is 6.07 Å². The van der Waals surface area contributed by atoms with Gasteiger partial charge in [0.25, 0.3) is 0 Å². The summed E-state index contributed by atoms with van der Waals surface area (Å²) in [7, 11) is 0. The second-order valence-electron chi connectivity index (χ2n) is 4.02. The molecule has 0 aliphatic carbocycles. The molecule has 3 rings (SSSR count). The van der Waals surface area contributed by atoms with Crippen molar-refractivity contribution in [3.63, 3.8) is 0 Å². The summed E-state index contributed by atoms with van der Waals surface area (Å²) in [6.07, 6.45) is 0.571. The molecule has 0 saturated carbocycles. The van der Waals surface area contributed by atoms with Crippen LogP contribution < -0.4 is 4.90 Å². The number of hydrogen-bond donors (Lipinski definition) is 1. The number of phenols is 1. The average Bonchev–Trinajstić information content (AvgIpc) is 2.82. The summed E-state index contributed by atoms with van der Waals surface area (Å²) in [5, 5.41) is 11.3. The summed E-state index contributed by atoms with van der Waals surface area (Å²) in [5.74, 6) is 0.350. The van der Waals surface area contributed by atoms with Crippen molar-refractivity contribution in [2.45, 2.75) is 12.5 Å². The van der Waals surface area contributed by atoms with Gasteiger partial charge >= 0.3 is 0 Å². The molecule has 1 aromatic heterocycles. The number of phenolic OH excluding ortho intramolecular Hbond substituents is 1. The third-order valence-electron chi connectivity index (χ3n) is 2.95. The number of rotatable bonds is 2. The van der Waals surface area contributed by atoms with Gasteiger partial charge in [-0.15, -0.1) is 11.3 Å². The van der Waals surface area contributed by atoms with Gasteiger partial charge in [0, 0.05) is 10.6 Å². The number of anilines is 1. The highest BCUT2D eigenvalue weighted by molar-refractivity contribution is 7.10. The number of thiophene rings is 1. The molecular formula is C13H11NO2S. The molecule has 0 bridgehead atoms. The molecule has 3 nitrogen and oxygen atoms in total. The Morgan fingerprint density at radius 3 is 2.59 bits per heavy atom. The molecule has 4 heteroatoms. The van der Waals surface area contributed by atoms with E-state index in [1.165, 1.54) is 4.88 Å². The van der Waals surface area contributed by atoms with E-state index in [0.29, 0.717) is 6.42 Å². The van der Waals surface area contributed by atoms with Crippen LogP contribution in [0.1, 0.15) is 17.3 Å². The lowest BCUT2D eigenvalue weighted by Gasteiger charge is -2.39. The quantitative estimate of drug-likeness (QED) is 0.826. The van der Waals surface area contributed by atoms with Crippen LogP contribution in [0.4, 0.5) is 5.69 Å². The van der Waals surface area contributed by atoms with Gasteiger partial charge in [-0.05, 0) is 35.7 Å². The maximum atomic E-state index is 11.7. The van der Waals surface area contributed by atoms with Crippen molar-refractivity contribution in [1.82, 2.24) is 0 Å². The standard InChI is InChI=1S/C13H11NO2S/c15-10-5-3-9(4-6-10)14-11(8-13(14)16)12-2-1-7-17-12/h1-7,11,15H,8H2. The van der Waals surface area contributed by atoms with E-state index in [1.807, 2.05) is 11.4 Å². The first-order valence-corrected chi connectivity index (χ1v) is 6.28. The van der Waals surface area contributed by atoms with Gasteiger partial charge in [0.15, 0.2) is 0 Å². The highest BCUT2D eigenvalue weighted by atomic mass is 32.1. The first kappa shape index (κ1) is 10.4. The second-order valence-corrected chi connectivity index (χ2v) is 4.99. The number of nitrogens with zero attached hydrogens (tertiary/aromatic N) is 1. The van der Waals surface area contributed by atoms with Gasteiger partial charge in [0.05, 0.1) is 12.5 Å². The normalized spacial score (nSPS) is 19.2. The van der Waals surface area contributed by atoms with Gasteiger partial charge in [-0.1, -0.05) is 6.07 Å². The van der Waals surface area contributed by atoms with Crippen LogP contribution in [-0.2, 0) is 4.79 Å². The zero-order valence-electron chi connectivity index (χ0n) is 9.04. The van der Waals surface area contributed by atoms with E-state index < -0.39 is 0 Å². The molecule has 1 aliphatic heterocycles. The van der Waals surface area contributed by atoms with Crippen LogP contribution in [0.3, 0.4) is 0 Å². The van der Waals surface area contributed by atoms with Gasteiger partial charge in [0.1, 0.15) is 5.75 Å². The van der Waals surface area contributed by atoms with Crippen molar-refractivity contribution in [2.24, 2.45) is 0 Å². The molecule has 1 N–H and O–H groups in total. The highest BCUT2D eigenvalue weighted by Gasteiger charge is 2.38. The maximum absolute atomic E-state index is 11.7. The monoisotopic (exact) mass is 245 g/mol. The summed E-state index contributed by atoms with van der Waals surface area (Å²) in [5.41, 5.74) is 0.845. The van der Waals surface area contributed by atoms with Crippen LogP contribution in [0.5, 0.6) is 5.75 Å². The first-order valence-electron chi connectivity index (χ1n) is 5.40. The minimum Gasteiger partial charge on any atom is -0.508 e. The largest absolute Gasteiger partial charge is 0.508 e. The Bertz CT molecular complexity index is 533. The van der Waals surface area contributed by atoms with E-state index in [0.717, 1.165) is 5.69 Å². The van der Waals surface area contributed by atoms with Crippen molar-refractivity contribution in [3.05, 3.63) is 46.7 Å². The molecular weight excluding hydrogens is 234 g/mol. The van der Waals surface area contributed by atoms with Gasteiger partial charge in [-0.2, -0.15) is 0 Å². The summed E-state index contributed by atoms with van der Waals surface area (Å²) in [4.78, 5) is 14.7. The number of carbonyl (C=O) groups is 1. The Morgan fingerprint density at radius 2 is 2.00 bits per heavy atom. The molecule has 1 atom stereocenters. The molecule has 86 valence electrons. The minimum atomic E-state index is 0.133. The lowest BCUT2D eigenvalue weighted by atomic mass is 9.99. The smallest absolute Gasteiger partial charge is 0.230 e. The SMILES string of the molecule is O=C1CC(c2cccs2)N1c1ccc(O)cc1. The van der Waals surface area contributed by atoms with Crippen LogP contribution in [0.2, 0.25) is 0 Å². The summed E-state index contributed by atoms with van der Waals surface area (Å²) in [6, 6.07) is 11.0. The lowest BCUT2D eigenvalue weighted by molar-refractivity contribution is -0.124. The summed E-state index contributed by atoms with van der Waals surface area (Å²) < 4.78 is 0. The number of aromatic hydroxyl groups is 1. The number of hydrogen-bond acceptors (Lipinski definition) is 3. The van der Waals surface area contributed by atoms with E-state index >= 15 is 0 Å². The van der Waals surface area contributed by atoms with Gasteiger partial charge < -0.3 is 10.0 Å². The maximum Gasteiger partial charge on any atom is 0.230 e. The Kier molecular flexibility index (Phi) is 2.37. The third-order valence-corrected chi connectivity index (χ3v) is 3.92. The van der Waals surface area contributed by atoms with Crippen molar-refractivity contribution in [2.75, 3.05) is 4.90 Å². The fraction of sp³-hybridized carbons (Fsp3) is 0.154. The van der Waals surface area contributed by atoms with Gasteiger partial charge in [-0.3, -0.25) is 4.79 Å². The lowest BCUT2D eigenvalue weighted by Crippen LogP contribution is -2.46. The fourth-order valence-corrected chi connectivity index (χ4v) is 2.88. The Labute approximate surface area is 103 Å². The van der Waals surface area contributed by atoms with Crippen LogP contribution in [0, 0.1) is 0 Å². The zero-order valence-corrected chi connectivity index (χ0v) is 9.85. The fourth-order valence-electron chi connectivity index (χ4n) is 2.06. The number of carbonyl (C=O) groups excluding carboxylic acids is 1. The molecule has 1 saturated heterocycles. The molecule has 17 heavy (non-hydrogen) atoms. The highest BCUT2D eigenvalue weighted by Crippen LogP contribution is 2.40. The molecule has 1 aliphatic rings. The molecule has 0 spiro atoms. The number of amides is 1. The van der Waals surface area contributed by atoms with Crippen LogP contribution in [-0.4, -0.2) is 11.0 Å². The van der Waals surface area contributed by atoms with E-state index in [-0.39, 0.29) is 17.7 Å². The molecule has 1 amide bonds. The molecule has 0 radical (unpaired) electrons. The van der Waals surface area contributed by atoms with Crippen LogP contribution in [0.15, 0.2) is 41.8 Å². The van der Waals surface area contributed by atoms with Crippen molar-refractivity contribution < 1.29 is 9.90 Å². The van der Waals surface area contributed by atoms with E-state index in [1.54, 1.807) is 40.5 Å². The summed E-state index contributed by atoms with van der Waals surface area (Å²) in [6.45, 7) is 0. The third kappa shape index (κ3) is 1.70. The van der Waals surface area contributed by atoms with E-state index in [9.17, 15) is 9.90 Å². The molecule has 1 aromatic carbocycles. The first-order chi connectivity index (χ1) is 8.25. The Balaban J connectivity index is 1.91. The topological polar surface area (TPSA) is 40.5 Å². The van der Waals surface area contributed by atoms with Gasteiger partial charge in [0.2, 0.25) is 5.91 Å². The number of β-lactam (4-membered cyclic amide) rings is 1. The van der Waals surface area contributed by atoms with Gasteiger partial charge in [-0.25, -0.2) is 0 Å². The second kappa shape index (κ2) is 3.89. The Hall–Kier alpha value is -1.81. The number of benzene rings is 1. The Morgan fingerprint density at radius 1 is 1.24 bits per heavy atom. The zero-order chi connectivity index (χ0) is 11.8. The van der Waals surface area contributed by atoms with Crippen molar-refractivity contribution in [3.8, 4) is 5.75 Å². The molecule has 1 unspecified atom stereocenters. The van der Waals surface area contributed by atoms with Crippen molar-refractivity contribution >= 4 is 22.9 Å². The predicted octanol–water partition coefficient (Wildman–Crippen LogP) is 2.93. The predicted molar refractivity (Wildman–Crippen MR) is 67.3 cm³/mol. The average molecular weight is 245 g/mol. The van der Waals surface area contributed by atoms with Crippen LogP contribution >= 0.6 is 11.3 Å².